The van der Waals surface area contributed by atoms with Gasteiger partial charge in [-0.1, -0.05) is 6.08 Å². The van der Waals surface area contributed by atoms with Gasteiger partial charge in [-0.2, -0.15) is 22.7 Å². The maximum atomic E-state index is 13.8. The largest absolute Gasteiger partial charge is 0.416 e. The van der Waals surface area contributed by atoms with Crippen LogP contribution in [0.25, 0.3) is 11.4 Å². The minimum atomic E-state index is -4.50. The fourth-order valence-electron chi connectivity index (χ4n) is 5.00. The van der Waals surface area contributed by atoms with Crippen LogP contribution in [-0.4, -0.2) is 76.2 Å². The van der Waals surface area contributed by atoms with Crippen molar-refractivity contribution in [2.45, 2.75) is 32.5 Å². The highest BCUT2D eigenvalue weighted by molar-refractivity contribution is 5.91. The van der Waals surface area contributed by atoms with E-state index in [0.29, 0.717) is 63.0 Å². The molecule has 11 nitrogen and oxygen atoms in total. The average molecular weight is 562 g/mol. The summed E-state index contributed by atoms with van der Waals surface area (Å²) in [5, 5.41) is 20.4. The van der Waals surface area contributed by atoms with E-state index in [1.54, 1.807) is 4.57 Å². The zero-order chi connectivity index (χ0) is 28.4. The maximum Gasteiger partial charge on any atom is 0.416 e. The lowest BCUT2D eigenvalue weighted by atomic mass is 10.1. The second-order valence-electron chi connectivity index (χ2n) is 9.67. The molecule has 1 fully saturated rings. The average Bonchev–Trinajstić information content (AvgIpc) is 3.39. The Morgan fingerprint density at radius 2 is 2.02 bits per heavy atom. The first kappa shape index (κ1) is 27.8. The summed E-state index contributed by atoms with van der Waals surface area (Å²) >= 11 is 0. The van der Waals surface area contributed by atoms with E-state index in [1.807, 2.05) is 11.0 Å². The number of benzene rings is 1. The van der Waals surface area contributed by atoms with Gasteiger partial charge >= 0.3 is 6.18 Å². The number of fused-ring (bicyclic) bond motifs is 1. The number of amides is 1. The van der Waals surface area contributed by atoms with Crippen LogP contribution in [0.5, 0.6) is 0 Å². The van der Waals surface area contributed by atoms with Gasteiger partial charge in [-0.15, -0.1) is 5.10 Å². The van der Waals surface area contributed by atoms with E-state index in [-0.39, 0.29) is 36.6 Å². The molecule has 0 saturated carbocycles. The number of alkyl halides is 3. The van der Waals surface area contributed by atoms with Crippen LogP contribution in [0.3, 0.4) is 0 Å². The third-order valence-electron chi connectivity index (χ3n) is 6.99. The molecule has 40 heavy (non-hydrogen) atoms. The molecule has 1 saturated heterocycles. The minimum Gasteiger partial charge on any atom is -0.396 e. The lowest BCUT2D eigenvalue weighted by Crippen LogP contribution is -2.47. The fraction of sp³-hybridized carbons (Fsp3) is 0.462. The third kappa shape index (κ3) is 5.60. The van der Waals surface area contributed by atoms with Gasteiger partial charge in [0.2, 0.25) is 11.7 Å². The molecule has 4 heterocycles. The van der Waals surface area contributed by atoms with Crippen molar-refractivity contribution in [1.82, 2.24) is 24.5 Å². The van der Waals surface area contributed by atoms with Crippen molar-refractivity contribution in [1.29, 1.82) is 0 Å². The van der Waals surface area contributed by atoms with E-state index in [9.17, 15) is 27.9 Å². The number of nitrogens with one attached hydrogen (secondary N) is 2. The summed E-state index contributed by atoms with van der Waals surface area (Å²) < 4.78 is 47.4. The molecule has 0 atom stereocenters. The van der Waals surface area contributed by atoms with Crippen molar-refractivity contribution in [2.24, 2.45) is 0 Å². The van der Waals surface area contributed by atoms with Crippen molar-refractivity contribution < 1.29 is 27.8 Å². The quantitative estimate of drug-likeness (QED) is 0.397. The smallest absolute Gasteiger partial charge is 0.396 e. The molecule has 1 aromatic carbocycles. The molecule has 3 N–H and O–H groups in total. The van der Waals surface area contributed by atoms with Gasteiger partial charge in [0.25, 0.3) is 5.56 Å². The van der Waals surface area contributed by atoms with E-state index in [0.717, 1.165) is 17.7 Å². The number of piperazine rings is 1. The molecule has 5 rings (SSSR count). The monoisotopic (exact) mass is 561 g/mol. The van der Waals surface area contributed by atoms with Gasteiger partial charge in [0, 0.05) is 44.9 Å². The third-order valence-corrected chi connectivity index (χ3v) is 6.99. The van der Waals surface area contributed by atoms with Gasteiger partial charge < -0.3 is 29.9 Å². The van der Waals surface area contributed by atoms with E-state index < -0.39 is 23.2 Å². The predicted molar refractivity (Wildman–Crippen MR) is 141 cm³/mol. The zero-order valence-electron chi connectivity index (χ0n) is 21.9. The summed E-state index contributed by atoms with van der Waals surface area (Å²) in [5.41, 5.74) is 0.854. The Morgan fingerprint density at radius 3 is 2.67 bits per heavy atom. The van der Waals surface area contributed by atoms with Crippen molar-refractivity contribution in [2.75, 3.05) is 56.2 Å². The molecule has 0 aliphatic carbocycles. The normalized spacial score (nSPS) is 16.3. The fourth-order valence-corrected chi connectivity index (χ4v) is 5.00. The number of halogens is 3. The second-order valence-corrected chi connectivity index (χ2v) is 9.67. The van der Waals surface area contributed by atoms with Gasteiger partial charge in [0.05, 0.1) is 24.5 Å². The molecule has 0 spiro atoms. The van der Waals surface area contributed by atoms with Crippen LogP contribution < -0.4 is 21.1 Å². The minimum absolute atomic E-state index is 0.0797. The Bertz CT molecular complexity index is 1510. The van der Waals surface area contributed by atoms with Crippen molar-refractivity contribution in [3.8, 4) is 0 Å². The molecule has 14 heteroatoms. The second kappa shape index (κ2) is 11.4. The molecule has 2 aromatic heterocycles. The first-order valence-corrected chi connectivity index (χ1v) is 13.0. The highest BCUT2D eigenvalue weighted by atomic mass is 19.4. The SMILES string of the molecule is Cc1cc(C(F)(F)F)ccc1NC(=O)Cn1c(CCO)c(N2CCNCC2)c(=O)n2nc(C3=CCOCC3)nc12. The summed E-state index contributed by atoms with van der Waals surface area (Å²) in [6.07, 6.45) is -2.01. The number of aliphatic hydroxyl groups excluding tert-OH is 1. The molecular weight excluding hydrogens is 531 g/mol. The Labute approximate surface area is 227 Å². The molecule has 0 unspecified atom stereocenters. The highest BCUT2D eigenvalue weighted by Gasteiger charge is 2.31. The Morgan fingerprint density at radius 1 is 1.25 bits per heavy atom. The predicted octanol–water partition coefficient (Wildman–Crippen LogP) is 1.61. The molecule has 3 aromatic rings. The van der Waals surface area contributed by atoms with Crippen LogP contribution in [-0.2, 0) is 28.7 Å². The number of hydrogen-bond donors (Lipinski definition) is 3. The van der Waals surface area contributed by atoms with E-state index in [1.165, 1.54) is 17.5 Å². The number of rotatable bonds is 7. The standard InChI is InChI=1S/C26H30F3N7O4/c1-16-14-18(26(27,28)29)2-3-19(16)31-21(38)15-35-20(4-11-37)22(34-9-7-30-8-10-34)24(39)36-25(35)32-23(33-36)17-5-12-40-13-6-17/h2-3,5,14,30,37H,4,6-13,15H2,1H3,(H,31,38). The van der Waals surface area contributed by atoms with Crippen molar-refractivity contribution in [3.63, 3.8) is 0 Å². The first-order chi connectivity index (χ1) is 19.2. The lowest BCUT2D eigenvalue weighted by Gasteiger charge is -2.31. The Kier molecular flexibility index (Phi) is 7.92. The topological polar surface area (TPSA) is 126 Å². The molecule has 2 aliphatic heterocycles. The summed E-state index contributed by atoms with van der Waals surface area (Å²) in [4.78, 5) is 33.6. The van der Waals surface area contributed by atoms with E-state index >= 15 is 0 Å². The van der Waals surface area contributed by atoms with Gasteiger partial charge in [-0.25, -0.2) is 0 Å². The molecular formula is C26H30F3N7O4. The number of aliphatic hydroxyl groups is 1. The number of nitrogens with zero attached hydrogens (tertiary/aromatic N) is 5. The number of hydrogen-bond acceptors (Lipinski definition) is 8. The van der Waals surface area contributed by atoms with Crippen LogP contribution >= 0.6 is 0 Å². The molecule has 214 valence electrons. The van der Waals surface area contributed by atoms with Crippen molar-refractivity contribution in [3.05, 3.63) is 57.3 Å². The van der Waals surface area contributed by atoms with Crippen molar-refractivity contribution >= 4 is 28.6 Å². The van der Waals surface area contributed by atoms with Gasteiger partial charge in [0.15, 0.2) is 5.82 Å². The van der Waals surface area contributed by atoms with Crippen LogP contribution in [0.4, 0.5) is 24.5 Å². The van der Waals surface area contributed by atoms with Gasteiger partial charge in [-0.3, -0.25) is 9.59 Å². The van der Waals surface area contributed by atoms with Crippen LogP contribution in [0, 0.1) is 6.92 Å². The molecule has 0 bridgehead atoms. The van der Waals surface area contributed by atoms with Crippen LogP contribution in [0.1, 0.15) is 29.1 Å². The summed E-state index contributed by atoms with van der Waals surface area (Å²) in [7, 11) is 0. The van der Waals surface area contributed by atoms with E-state index in [2.05, 4.69) is 20.7 Å². The maximum absolute atomic E-state index is 13.8. The lowest BCUT2D eigenvalue weighted by molar-refractivity contribution is -0.137. The number of carbonyl (C=O) groups excluding carboxylic acids is 1. The number of aromatic nitrogens is 4. The van der Waals surface area contributed by atoms with Crippen LogP contribution in [0.2, 0.25) is 0 Å². The Hall–Kier alpha value is -3.75. The highest BCUT2D eigenvalue weighted by Crippen LogP contribution is 2.31. The summed E-state index contributed by atoms with van der Waals surface area (Å²) in [6.45, 7) is 4.16. The molecule has 2 aliphatic rings. The number of ether oxygens (including phenoxy) is 1. The van der Waals surface area contributed by atoms with Crippen LogP contribution in [0.15, 0.2) is 29.1 Å². The van der Waals surface area contributed by atoms with E-state index in [4.69, 9.17) is 4.74 Å². The van der Waals surface area contributed by atoms with Gasteiger partial charge in [0.1, 0.15) is 12.2 Å². The Balaban J connectivity index is 1.58. The number of aryl methyl sites for hydroxylation is 1. The van der Waals surface area contributed by atoms with Gasteiger partial charge in [-0.05, 0) is 42.7 Å². The molecule has 0 radical (unpaired) electrons. The molecule has 1 amide bonds. The number of anilines is 2. The zero-order valence-corrected chi connectivity index (χ0v) is 21.9. The first-order valence-electron chi connectivity index (χ1n) is 13.0. The summed E-state index contributed by atoms with van der Waals surface area (Å²) in [5.74, 6) is -0.0525. The summed E-state index contributed by atoms with van der Waals surface area (Å²) in [6, 6.07) is 3.09. The number of carbonyl (C=O) groups is 1.